The van der Waals surface area contributed by atoms with Crippen molar-refractivity contribution in [3.63, 3.8) is 0 Å². The Hall–Kier alpha value is -2.28. The number of nitriles is 1. The fourth-order valence-corrected chi connectivity index (χ4v) is 2.29. The highest BCUT2D eigenvalue weighted by Gasteiger charge is 2.14. The predicted octanol–water partition coefficient (Wildman–Crippen LogP) is 2.55. The first-order valence-electron chi connectivity index (χ1n) is 6.14. The highest BCUT2D eigenvalue weighted by molar-refractivity contribution is 5.96. The van der Waals surface area contributed by atoms with Crippen LogP contribution in [-0.4, -0.2) is 33.2 Å². The molecule has 0 saturated heterocycles. The van der Waals surface area contributed by atoms with Gasteiger partial charge in [-0.3, -0.25) is 0 Å². The maximum Gasteiger partial charge on any atom is 0.146 e. The molecule has 0 N–H and O–H groups in total. The molecule has 0 aliphatic heterocycles. The Bertz CT molecular complexity index is 666. The van der Waals surface area contributed by atoms with Crippen LogP contribution in [0.4, 0.5) is 11.4 Å². The van der Waals surface area contributed by atoms with Crippen molar-refractivity contribution in [2.24, 2.45) is 0 Å². The lowest BCUT2D eigenvalue weighted by atomic mass is 10.1. The quantitative estimate of drug-likeness (QED) is 0.826. The van der Waals surface area contributed by atoms with Gasteiger partial charge in [0.2, 0.25) is 0 Å². The van der Waals surface area contributed by atoms with E-state index in [1.54, 1.807) is 0 Å². The van der Waals surface area contributed by atoms with Crippen LogP contribution in [0.1, 0.15) is 11.3 Å². The molecule has 98 valence electrons. The molecule has 0 spiro atoms. The molecule has 0 radical (unpaired) electrons. The number of rotatable bonds is 2. The zero-order valence-electron chi connectivity index (χ0n) is 12.0. The highest BCUT2D eigenvalue weighted by atomic mass is 15.1. The summed E-state index contributed by atoms with van der Waals surface area (Å²) in [5.74, 6) is 0. The van der Waals surface area contributed by atoms with Crippen LogP contribution < -0.4 is 9.80 Å². The summed E-state index contributed by atoms with van der Waals surface area (Å²) in [6.45, 7) is 1.95. The van der Waals surface area contributed by atoms with Crippen molar-refractivity contribution in [3.05, 3.63) is 29.5 Å². The molecule has 0 amide bonds. The van der Waals surface area contributed by atoms with Crippen molar-refractivity contribution in [1.82, 2.24) is 4.98 Å². The van der Waals surface area contributed by atoms with E-state index in [1.165, 1.54) is 0 Å². The molecule has 0 fully saturated rings. The monoisotopic (exact) mass is 254 g/mol. The SMILES string of the molecule is Cc1c(C#N)nc2ccc(N(C)C)cc2c1N(C)C. The standard InChI is InChI=1S/C15H18N4/c1-10-14(9-16)17-13-7-6-11(18(2)3)8-12(13)15(10)19(4)5/h6-8H,1-5H3. The van der Waals surface area contributed by atoms with Crippen LogP contribution >= 0.6 is 0 Å². The largest absolute Gasteiger partial charge is 0.378 e. The van der Waals surface area contributed by atoms with Crippen molar-refractivity contribution >= 4 is 22.3 Å². The van der Waals surface area contributed by atoms with E-state index in [-0.39, 0.29) is 0 Å². The molecular formula is C15H18N4. The number of fused-ring (bicyclic) bond motifs is 1. The maximum atomic E-state index is 9.19. The fourth-order valence-electron chi connectivity index (χ4n) is 2.29. The van der Waals surface area contributed by atoms with Crippen LogP contribution in [0.2, 0.25) is 0 Å². The second kappa shape index (κ2) is 4.77. The minimum absolute atomic E-state index is 0.494. The maximum absolute atomic E-state index is 9.19. The van der Waals surface area contributed by atoms with E-state index in [2.05, 4.69) is 22.0 Å². The van der Waals surface area contributed by atoms with Gasteiger partial charge in [-0.15, -0.1) is 0 Å². The number of anilines is 2. The van der Waals surface area contributed by atoms with Crippen LogP contribution in [-0.2, 0) is 0 Å². The lowest BCUT2D eigenvalue weighted by Gasteiger charge is -2.20. The van der Waals surface area contributed by atoms with Crippen LogP contribution in [0.3, 0.4) is 0 Å². The smallest absolute Gasteiger partial charge is 0.146 e. The van der Waals surface area contributed by atoms with E-state index in [0.717, 1.165) is 27.8 Å². The van der Waals surface area contributed by atoms with Gasteiger partial charge in [0.1, 0.15) is 11.8 Å². The Labute approximate surface area is 113 Å². The molecule has 19 heavy (non-hydrogen) atoms. The van der Waals surface area contributed by atoms with Crippen LogP contribution in [0.5, 0.6) is 0 Å². The molecule has 2 aromatic rings. The summed E-state index contributed by atoms with van der Waals surface area (Å²) in [6.07, 6.45) is 0. The zero-order chi connectivity index (χ0) is 14.2. The average Bonchev–Trinajstić information content (AvgIpc) is 2.36. The molecule has 2 rings (SSSR count). The molecule has 4 nitrogen and oxygen atoms in total. The van der Waals surface area contributed by atoms with Crippen LogP contribution in [0.25, 0.3) is 10.9 Å². The number of pyridine rings is 1. The zero-order valence-corrected chi connectivity index (χ0v) is 12.0. The summed E-state index contributed by atoms with van der Waals surface area (Å²) >= 11 is 0. The summed E-state index contributed by atoms with van der Waals surface area (Å²) in [7, 11) is 8.01. The van der Waals surface area contributed by atoms with Gasteiger partial charge in [-0.1, -0.05) is 0 Å². The summed E-state index contributed by atoms with van der Waals surface area (Å²) in [5.41, 5.74) is 4.47. The molecule has 0 aliphatic carbocycles. The van der Waals surface area contributed by atoms with Crippen molar-refractivity contribution in [1.29, 1.82) is 5.26 Å². The second-order valence-electron chi connectivity index (χ2n) is 5.04. The second-order valence-corrected chi connectivity index (χ2v) is 5.04. The normalized spacial score (nSPS) is 10.3. The van der Waals surface area contributed by atoms with Crippen molar-refractivity contribution < 1.29 is 0 Å². The van der Waals surface area contributed by atoms with Gasteiger partial charge in [-0.05, 0) is 25.1 Å². The Morgan fingerprint density at radius 3 is 2.32 bits per heavy atom. The predicted molar refractivity (Wildman–Crippen MR) is 79.8 cm³/mol. The third-order valence-electron chi connectivity index (χ3n) is 3.25. The lowest BCUT2D eigenvalue weighted by Crippen LogP contribution is -2.13. The van der Waals surface area contributed by atoms with Crippen molar-refractivity contribution in [2.75, 3.05) is 38.0 Å². The van der Waals surface area contributed by atoms with E-state index in [0.29, 0.717) is 5.69 Å². The molecule has 0 unspecified atom stereocenters. The van der Waals surface area contributed by atoms with E-state index < -0.39 is 0 Å². The lowest BCUT2D eigenvalue weighted by molar-refractivity contribution is 1.10. The number of nitrogens with zero attached hydrogens (tertiary/aromatic N) is 4. The molecule has 4 heteroatoms. The van der Waals surface area contributed by atoms with Gasteiger partial charge in [-0.25, -0.2) is 4.98 Å². The Morgan fingerprint density at radius 1 is 1.11 bits per heavy atom. The molecule has 1 aromatic heterocycles. The Morgan fingerprint density at radius 2 is 1.79 bits per heavy atom. The summed E-state index contributed by atoms with van der Waals surface area (Å²) in [5, 5.41) is 10.3. The van der Waals surface area contributed by atoms with Gasteiger partial charge in [0.15, 0.2) is 0 Å². The molecule has 0 atom stereocenters. The van der Waals surface area contributed by atoms with E-state index in [9.17, 15) is 5.26 Å². The first-order valence-corrected chi connectivity index (χ1v) is 6.14. The molecule has 1 aromatic carbocycles. The minimum atomic E-state index is 0.494. The molecular weight excluding hydrogens is 236 g/mol. The minimum Gasteiger partial charge on any atom is -0.378 e. The summed E-state index contributed by atoms with van der Waals surface area (Å²) < 4.78 is 0. The van der Waals surface area contributed by atoms with Gasteiger partial charge >= 0.3 is 0 Å². The summed E-state index contributed by atoms with van der Waals surface area (Å²) in [4.78, 5) is 8.53. The molecule has 0 saturated carbocycles. The topological polar surface area (TPSA) is 43.2 Å². The number of benzene rings is 1. The highest BCUT2D eigenvalue weighted by Crippen LogP contribution is 2.32. The third-order valence-corrected chi connectivity index (χ3v) is 3.25. The Kier molecular flexibility index (Phi) is 3.30. The van der Waals surface area contributed by atoms with E-state index in [4.69, 9.17) is 0 Å². The van der Waals surface area contributed by atoms with Crippen molar-refractivity contribution in [2.45, 2.75) is 6.92 Å². The van der Waals surface area contributed by atoms with Gasteiger partial charge in [0.25, 0.3) is 0 Å². The summed E-state index contributed by atoms with van der Waals surface area (Å²) in [6, 6.07) is 8.28. The molecule has 0 aliphatic rings. The van der Waals surface area contributed by atoms with Gasteiger partial charge in [0, 0.05) is 44.8 Å². The molecule has 1 heterocycles. The molecule has 0 bridgehead atoms. The fraction of sp³-hybridized carbons (Fsp3) is 0.333. The van der Waals surface area contributed by atoms with Crippen LogP contribution in [0, 0.1) is 18.3 Å². The average molecular weight is 254 g/mol. The van der Waals surface area contributed by atoms with Gasteiger partial charge in [-0.2, -0.15) is 5.26 Å². The first-order chi connectivity index (χ1) is 8.95. The van der Waals surface area contributed by atoms with E-state index >= 15 is 0 Å². The number of aromatic nitrogens is 1. The Balaban J connectivity index is 2.86. The van der Waals surface area contributed by atoms with E-state index in [1.807, 2.05) is 52.1 Å². The number of hydrogen-bond donors (Lipinski definition) is 0. The van der Waals surface area contributed by atoms with Gasteiger partial charge < -0.3 is 9.80 Å². The van der Waals surface area contributed by atoms with Crippen LogP contribution in [0.15, 0.2) is 18.2 Å². The number of hydrogen-bond acceptors (Lipinski definition) is 4. The van der Waals surface area contributed by atoms with Gasteiger partial charge in [0.05, 0.1) is 11.2 Å². The van der Waals surface area contributed by atoms with Crippen molar-refractivity contribution in [3.8, 4) is 6.07 Å². The first kappa shape index (κ1) is 13.2. The third kappa shape index (κ3) is 2.19.